The third kappa shape index (κ3) is 4.93. The predicted molar refractivity (Wildman–Crippen MR) is 136 cm³/mol. The molecule has 3 aromatic heterocycles. The van der Waals surface area contributed by atoms with Crippen molar-refractivity contribution in [2.24, 2.45) is 4.99 Å². The number of aromatic amines is 1. The SMILES string of the molecule is O=c1c(C=NCc2ccccn2)c(CSc2ccc(Cl)cc2)[nH]n1-c1nc2ccccc2s1. The average molecular weight is 492 g/mol. The summed E-state index contributed by atoms with van der Waals surface area (Å²) in [6.45, 7) is 0.399. The van der Waals surface area contributed by atoms with Gasteiger partial charge < -0.3 is 0 Å². The first-order chi connectivity index (χ1) is 16.2. The van der Waals surface area contributed by atoms with E-state index in [0.717, 1.165) is 26.5 Å². The van der Waals surface area contributed by atoms with Crippen LogP contribution in [0.3, 0.4) is 0 Å². The lowest BCUT2D eigenvalue weighted by atomic mass is 10.3. The quantitative estimate of drug-likeness (QED) is 0.233. The van der Waals surface area contributed by atoms with Crippen molar-refractivity contribution in [1.82, 2.24) is 19.7 Å². The molecular weight excluding hydrogens is 474 g/mol. The fraction of sp³-hybridized carbons (Fsp3) is 0.0833. The van der Waals surface area contributed by atoms with Crippen molar-refractivity contribution in [3.05, 3.63) is 105 Å². The van der Waals surface area contributed by atoms with E-state index in [1.807, 2.05) is 66.7 Å². The number of nitrogens with one attached hydrogen (secondary N) is 1. The standard InChI is InChI=1S/C24H18ClN5OS2/c25-16-8-10-18(11-9-16)32-15-21-19(14-26-13-17-5-3-4-12-27-17)23(31)30(29-21)24-28-20-6-1-2-7-22(20)33-24/h1-12,14,29H,13,15H2. The molecule has 0 aliphatic heterocycles. The third-order valence-corrected chi connectivity index (χ3v) is 7.19. The van der Waals surface area contributed by atoms with Gasteiger partial charge in [0.15, 0.2) is 0 Å². The molecule has 0 amide bonds. The molecule has 0 fully saturated rings. The van der Waals surface area contributed by atoms with Gasteiger partial charge in [0, 0.05) is 28.1 Å². The number of rotatable bonds is 7. The molecule has 6 nitrogen and oxygen atoms in total. The van der Waals surface area contributed by atoms with E-state index >= 15 is 0 Å². The third-order valence-electron chi connectivity index (χ3n) is 4.88. The first kappa shape index (κ1) is 21.6. The highest BCUT2D eigenvalue weighted by Gasteiger charge is 2.17. The number of nitrogens with zero attached hydrogens (tertiary/aromatic N) is 4. The summed E-state index contributed by atoms with van der Waals surface area (Å²) in [6.07, 6.45) is 3.37. The number of fused-ring (bicyclic) bond motifs is 1. The number of benzene rings is 2. The van der Waals surface area contributed by atoms with Gasteiger partial charge >= 0.3 is 0 Å². The van der Waals surface area contributed by atoms with Gasteiger partial charge in [0.05, 0.1) is 33.7 Å². The van der Waals surface area contributed by atoms with Crippen molar-refractivity contribution in [2.75, 3.05) is 0 Å². The molecule has 0 bridgehead atoms. The summed E-state index contributed by atoms with van der Waals surface area (Å²) in [5, 5.41) is 4.55. The van der Waals surface area contributed by atoms with Crippen LogP contribution >= 0.6 is 34.7 Å². The van der Waals surface area contributed by atoms with Crippen LogP contribution < -0.4 is 5.56 Å². The van der Waals surface area contributed by atoms with Crippen LogP contribution in [0.25, 0.3) is 15.3 Å². The summed E-state index contributed by atoms with van der Waals surface area (Å²) in [5.74, 6) is 0.569. The number of thioether (sulfide) groups is 1. The number of halogens is 1. The van der Waals surface area contributed by atoms with E-state index in [1.54, 1.807) is 24.2 Å². The van der Waals surface area contributed by atoms with Crippen molar-refractivity contribution in [3.8, 4) is 5.13 Å². The Kier molecular flexibility index (Phi) is 6.39. The topological polar surface area (TPSA) is 75.9 Å². The maximum atomic E-state index is 13.3. The summed E-state index contributed by atoms with van der Waals surface area (Å²) in [4.78, 5) is 27.8. The van der Waals surface area contributed by atoms with Crippen molar-refractivity contribution in [2.45, 2.75) is 17.2 Å². The number of hydrogen-bond acceptors (Lipinski definition) is 6. The highest BCUT2D eigenvalue weighted by molar-refractivity contribution is 7.98. The molecule has 0 saturated heterocycles. The van der Waals surface area contributed by atoms with Crippen LogP contribution in [-0.4, -0.2) is 26.0 Å². The summed E-state index contributed by atoms with van der Waals surface area (Å²) in [5.41, 5.74) is 2.83. The Hall–Kier alpha value is -3.20. The van der Waals surface area contributed by atoms with E-state index in [0.29, 0.717) is 28.0 Å². The summed E-state index contributed by atoms with van der Waals surface area (Å²) >= 11 is 9.08. The van der Waals surface area contributed by atoms with Crippen LogP contribution in [-0.2, 0) is 12.3 Å². The molecule has 164 valence electrons. The molecule has 5 rings (SSSR count). The zero-order valence-electron chi connectivity index (χ0n) is 17.3. The number of aliphatic imine (C=N–C) groups is 1. The monoisotopic (exact) mass is 491 g/mol. The molecule has 0 unspecified atom stereocenters. The Bertz CT molecular complexity index is 1440. The second kappa shape index (κ2) is 9.74. The van der Waals surface area contributed by atoms with Gasteiger partial charge in [0.2, 0.25) is 5.13 Å². The molecule has 9 heteroatoms. The van der Waals surface area contributed by atoms with E-state index in [2.05, 4.69) is 20.1 Å². The lowest BCUT2D eigenvalue weighted by molar-refractivity contribution is 0.827. The van der Waals surface area contributed by atoms with Crippen LogP contribution in [0, 0.1) is 0 Å². The molecule has 0 atom stereocenters. The molecule has 0 saturated carbocycles. The van der Waals surface area contributed by atoms with Gasteiger partial charge in [-0.05, 0) is 48.5 Å². The van der Waals surface area contributed by atoms with Gasteiger partial charge in [-0.2, -0.15) is 4.68 Å². The molecule has 0 aliphatic rings. The van der Waals surface area contributed by atoms with Crippen LogP contribution in [0.4, 0.5) is 0 Å². The zero-order valence-corrected chi connectivity index (χ0v) is 19.7. The van der Waals surface area contributed by atoms with Gasteiger partial charge in [-0.1, -0.05) is 41.1 Å². The average Bonchev–Trinajstić information content (AvgIpc) is 3.40. The normalized spacial score (nSPS) is 11.5. The van der Waals surface area contributed by atoms with E-state index in [1.165, 1.54) is 16.0 Å². The molecule has 33 heavy (non-hydrogen) atoms. The minimum absolute atomic E-state index is 0.175. The lowest BCUT2D eigenvalue weighted by Gasteiger charge is -2.01. The van der Waals surface area contributed by atoms with Crippen molar-refractivity contribution in [3.63, 3.8) is 0 Å². The first-order valence-corrected chi connectivity index (χ1v) is 12.3. The highest BCUT2D eigenvalue weighted by atomic mass is 35.5. The second-order valence-corrected chi connectivity index (χ2v) is 9.64. The number of H-pyrrole nitrogens is 1. The van der Waals surface area contributed by atoms with E-state index in [-0.39, 0.29) is 5.56 Å². The van der Waals surface area contributed by atoms with Crippen molar-refractivity contribution in [1.29, 1.82) is 0 Å². The number of para-hydroxylation sites is 1. The summed E-state index contributed by atoms with van der Waals surface area (Å²) < 4.78 is 2.53. The molecule has 0 spiro atoms. The zero-order chi connectivity index (χ0) is 22.6. The Balaban J connectivity index is 1.48. The fourth-order valence-electron chi connectivity index (χ4n) is 3.24. The van der Waals surface area contributed by atoms with Crippen LogP contribution in [0.5, 0.6) is 0 Å². The first-order valence-electron chi connectivity index (χ1n) is 10.2. The maximum absolute atomic E-state index is 13.3. The number of hydrogen-bond donors (Lipinski definition) is 1. The lowest BCUT2D eigenvalue weighted by Crippen LogP contribution is -2.17. The van der Waals surface area contributed by atoms with Gasteiger partial charge in [0.25, 0.3) is 5.56 Å². The molecule has 1 N–H and O–H groups in total. The van der Waals surface area contributed by atoms with Crippen molar-refractivity contribution < 1.29 is 0 Å². The van der Waals surface area contributed by atoms with E-state index in [9.17, 15) is 4.79 Å². The molecule has 5 aromatic rings. The highest BCUT2D eigenvalue weighted by Crippen LogP contribution is 2.26. The number of pyridine rings is 1. The molecule has 0 aliphatic carbocycles. The second-order valence-electron chi connectivity index (χ2n) is 7.14. The van der Waals surface area contributed by atoms with Crippen LogP contribution in [0.2, 0.25) is 5.02 Å². The summed E-state index contributed by atoms with van der Waals surface area (Å²) in [6, 6.07) is 21.2. The Morgan fingerprint density at radius 3 is 2.70 bits per heavy atom. The Morgan fingerprint density at radius 2 is 1.91 bits per heavy atom. The minimum atomic E-state index is -0.175. The molecular formula is C24H18ClN5OS2. The smallest absolute Gasteiger partial charge is 0.282 e. The Labute approximate surface area is 203 Å². The van der Waals surface area contributed by atoms with Gasteiger partial charge in [0.1, 0.15) is 0 Å². The molecule has 2 aromatic carbocycles. The predicted octanol–water partition coefficient (Wildman–Crippen LogP) is 5.74. The van der Waals surface area contributed by atoms with E-state index < -0.39 is 0 Å². The van der Waals surface area contributed by atoms with Gasteiger partial charge in [-0.25, -0.2) is 4.98 Å². The van der Waals surface area contributed by atoms with Crippen LogP contribution in [0.15, 0.2) is 87.6 Å². The molecule has 3 heterocycles. The van der Waals surface area contributed by atoms with Gasteiger partial charge in [-0.3, -0.25) is 19.9 Å². The summed E-state index contributed by atoms with van der Waals surface area (Å²) in [7, 11) is 0. The van der Waals surface area contributed by atoms with Crippen LogP contribution in [0.1, 0.15) is 17.0 Å². The van der Waals surface area contributed by atoms with E-state index in [4.69, 9.17) is 11.6 Å². The van der Waals surface area contributed by atoms with Gasteiger partial charge in [-0.15, -0.1) is 11.8 Å². The maximum Gasteiger partial charge on any atom is 0.282 e. The fourth-order valence-corrected chi connectivity index (χ4v) is 5.15. The largest absolute Gasteiger partial charge is 0.291 e. The minimum Gasteiger partial charge on any atom is -0.291 e. The number of thiazole rings is 1. The number of aromatic nitrogens is 4. The van der Waals surface area contributed by atoms with Crippen molar-refractivity contribution >= 4 is 51.1 Å². The Morgan fingerprint density at radius 1 is 1.09 bits per heavy atom. The molecule has 0 radical (unpaired) electrons.